The number of benzene rings is 1. The van der Waals surface area contributed by atoms with Crippen LogP contribution in [0.15, 0.2) is 12.1 Å². The van der Waals surface area contributed by atoms with E-state index in [1.807, 2.05) is 0 Å². The number of alkyl halides is 2. The Balaban J connectivity index is 3.23. The Labute approximate surface area is 91.0 Å². The predicted octanol–water partition coefficient (Wildman–Crippen LogP) is 1.70. The van der Waals surface area contributed by atoms with Crippen molar-refractivity contribution in [2.24, 2.45) is 5.73 Å². The van der Waals surface area contributed by atoms with E-state index in [4.69, 9.17) is 10.5 Å². The highest BCUT2D eigenvalue weighted by Crippen LogP contribution is 2.31. The molecule has 0 aliphatic heterocycles. The fraction of sp³-hybridized carbons (Fsp3) is 0.300. The number of ether oxygens (including phenoxy) is 2. The summed E-state index contributed by atoms with van der Waals surface area (Å²) >= 11 is 0. The summed E-state index contributed by atoms with van der Waals surface area (Å²) in [6.07, 6.45) is 0. The van der Waals surface area contributed by atoms with Crippen molar-refractivity contribution >= 4 is 5.91 Å². The van der Waals surface area contributed by atoms with Crippen LogP contribution in [0.5, 0.6) is 11.5 Å². The van der Waals surface area contributed by atoms with Gasteiger partial charge in [-0.3, -0.25) is 4.79 Å². The number of hydrogen-bond acceptors (Lipinski definition) is 3. The van der Waals surface area contributed by atoms with E-state index in [2.05, 4.69) is 4.74 Å². The maximum atomic E-state index is 12.0. The summed E-state index contributed by atoms with van der Waals surface area (Å²) in [5.41, 5.74) is 5.53. The molecule has 0 spiro atoms. The summed E-state index contributed by atoms with van der Waals surface area (Å²) in [4.78, 5) is 11.0. The Kier molecular flexibility index (Phi) is 3.65. The van der Waals surface area contributed by atoms with Gasteiger partial charge >= 0.3 is 6.61 Å². The van der Waals surface area contributed by atoms with Gasteiger partial charge in [-0.25, -0.2) is 0 Å². The summed E-state index contributed by atoms with van der Waals surface area (Å²) in [6.45, 7) is -1.42. The molecule has 0 unspecified atom stereocenters. The summed E-state index contributed by atoms with van der Waals surface area (Å²) in [6, 6.07) is 2.54. The maximum absolute atomic E-state index is 12.0. The van der Waals surface area contributed by atoms with Crippen molar-refractivity contribution < 1.29 is 23.0 Å². The second-order valence-corrected chi connectivity index (χ2v) is 3.01. The minimum Gasteiger partial charge on any atom is -0.495 e. The topological polar surface area (TPSA) is 61.5 Å². The zero-order valence-electron chi connectivity index (χ0n) is 8.79. The highest BCUT2D eigenvalue weighted by molar-refractivity contribution is 5.96. The van der Waals surface area contributed by atoms with Crippen molar-refractivity contribution in [3.63, 3.8) is 0 Å². The van der Waals surface area contributed by atoms with Gasteiger partial charge in [0.25, 0.3) is 5.91 Å². The first-order valence-corrected chi connectivity index (χ1v) is 4.39. The van der Waals surface area contributed by atoms with E-state index in [0.717, 1.165) is 0 Å². The first-order chi connectivity index (χ1) is 7.47. The maximum Gasteiger partial charge on any atom is 0.387 e. The second kappa shape index (κ2) is 4.78. The van der Waals surface area contributed by atoms with Gasteiger partial charge in [0.15, 0.2) is 0 Å². The molecule has 88 valence electrons. The molecule has 6 heteroatoms. The third kappa shape index (κ3) is 2.39. The molecule has 1 aromatic carbocycles. The second-order valence-electron chi connectivity index (χ2n) is 3.01. The van der Waals surface area contributed by atoms with E-state index in [-0.39, 0.29) is 17.1 Å². The van der Waals surface area contributed by atoms with E-state index in [9.17, 15) is 13.6 Å². The minimum absolute atomic E-state index is 0.0446. The van der Waals surface area contributed by atoms with Crippen LogP contribution in [0.25, 0.3) is 0 Å². The van der Waals surface area contributed by atoms with Crippen molar-refractivity contribution in [1.82, 2.24) is 0 Å². The van der Waals surface area contributed by atoms with Gasteiger partial charge in [0.1, 0.15) is 11.5 Å². The molecule has 1 amide bonds. The zero-order valence-corrected chi connectivity index (χ0v) is 8.79. The van der Waals surface area contributed by atoms with Gasteiger partial charge in [-0.1, -0.05) is 0 Å². The van der Waals surface area contributed by atoms with Gasteiger partial charge in [-0.2, -0.15) is 8.78 Å². The van der Waals surface area contributed by atoms with Gasteiger partial charge in [-0.05, 0) is 19.1 Å². The summed E-state index contributed by atoms with van der Waals surface area (Å²) in [5, 5.41) is 0. The van der Waals surface area contributed by atoms with Crippen LogP contribution in [-0.4, -0.2) is 19.6 Å². The molecule has 0 heterocycles. The van der Waals surface area contributed by atoms with Crippen LogP contribution in [0.3, 0.4) is 0 Å². The molecular weight excluding hydrogens is 220 g/mol. The number of carbonyl (C=O) groups is 1. The van der Waals surface area contributed by atoms with Gasteiger partial charge in [0, 0.05) is 5.56 Å². The number of carbonyl (C=O) groups excluding carboxylic acids is 1. The van der Waals surface area contributed by atoms with Crippen LogP contribution < -0.4 is 15.2 Å². The Hall–Kier alpha value is -1.85. The molecule has 0 aliphatic carbocycles. The van der Waals surface area contributed by atoms with Crippen LogP contribution >= 0.6 is 0 Å². The van der Waals surface area contributed by atoms with E-state index < -0.39 is 12.5 Å². The van der Waals surface area contributed by atoms with Gasteiger partial charge < -0.3 is 15.2 Å². The third-order valence-electron chi connectivity index (χ3n) is 2.04. The molecule has 0 saturated carbocycles. The van der Waals surface area contributed by atoms with Gasteiger partial charge in [0.2, 0.25) is 0 Å². The Morgan fingerprint density at radius 1 is 1.44 bits per heavy atom. The number of hydrogen-bond donors (Lipinski definition) is 1. The molecule has 4 nitrogen and oxygen atoms in total. The van der Waals surface area contributed by atoms with Crippen LogP contribution in [0, 0.1) is 6.92 Å². The average Bonchev–Trinajstić information content (AvgIpc) is 2.19. The first-order valence-electron chi connectivity index (χ1n) is 4.39. The Morgan fingerprint density at radius 3 is 2.50 bits per heavy atom. The molecule has 0 radical (unpaired) electrons. The lowest BCUT2D eigenvalue weighted by Crippen LogP contribution is -2.14. The standard InChI is InChI=1S/C10H11F2NO3/c1-5-7(16-10(11)12)4-3-6(9(13)14)8(5)15-2/h3-4,10H,1-2H3,(H2,13,14). The lowest BCUT2D eigenvalue weighted by Gasteiger charge is -2.13. The smallest absolute Gasteiger partial charge is 0.387 e. The van der Waals surface area contributed by atoms with E-state index in [1.165, 1.54) is 26.2 Å². The van der Waals surface area contributed by atoms with E-state index in [0.29, 0.717) is 5.56 Å². The number of rotatable bonds is 4. The minimum atomic E-state index is -2.93. The Bertz CT molecular complexity index is 407. The Morgan fingerprint density at radius 2 is 2.06 bits per heavy atom. The zero-order chi connectivity index (χ0) is 12.3. The monoisotopic (exact) mass is 231 g/mol. The van der Waals surface area contributed by atoms with Gasteiger partial charge in [0.05, 0.1) is 12.7 Å². The van der Waals surface area contributed by atoms with Crippen molar-refractivity contribution in [1.29, 1.82) is 0 Å². The van der Waals surface area contributed by atoms with Crippen LogP contribution in [0.1, 0.15) is 15.9 Å². The van der Waals surface area contributed by atoms with E-state index >= 15 is 0 Å². The molecule has 2 N–H and O–H groups in total. The molecule has 0 atom stereocenters. The SMILES string of the molecule is COc1c(C(N)=O)ccc(OC(F)F)c1C. The highest BCUT2D eigenvalue weighted by atomic mass is 19.3. The molecule has 1 aromatic rings. The first kappa shape index (κ1) is 12.2. The number of halogens is 2. The number of primary amides is 1. The lowest BCUT2D eigenvalue weighted by atomic mass is 10.1. The van der Waals surface area contributed by atoms with Crippen molar-refractivity contribution in [3.05, 3.63) is 23.3 Å². The van der Waals surface area contributed by atoms with Crippen LogP contribution in [-0.2, 0) is 0 Å². The van der Waals surface area contributed by atoms with Crippen molar-refractivity contribution in [2.75, 3.05) is 7.11 Å². The molecular formula is C10H11F2NO3. The van der Waals surface area contributed by atoms with Crippen LogP contribution in [0.2, 0.25) is 0 Å². The molecule has 0 bridgehead atoms. The number of nitrogens with two attached hydrogens (primary N) is 1. The molecule has 0 saturated heterocycles. The van der Waals surface area contributed by atoms with Crippen LogP contribution in [0.4, 0.5) is 8.78 Å². The van der Waals surface area contributed by atoms with E-state index in [1.54, 1.807) is 0 Å². The molecule has 0 fully saturated rings. The summed E-state index contributed by atoms with van der Waals surface area (Å²) < 4.78 is 33.3. The largest absolute Gasteiger partial charge is 0.495 e. The van der Waals surface area contributed by atoms with Crippen molar-refractivity contribution in [3.8, 4) is 11.5 Å². The molecule has 0 aliphatic rings. The average molecular weight is 231 g/mol. The summed E-state index contributed by atoms with van der Waals surface area (Å²) in [5.74, 6) is -0.592. The fourth-order valence-electron chi connectivity index (χ4n) is 1.35. The molecule has 16 heavy (non-hydrogen) atoms. The predicted molar refractivity (Wildman–Crippen MR) is 52.9 cm³/mol. The fourth-order valence-corrected chi connectivity index (χ4v) is 1.35. The number of methoxy groups -OCH3 is 1. The lowest BCUT2D eigenvalue weighted by molar-refractivity contribution is -0.0503. The summed E-state index contributed by atoms with van der Waals surface area (Å²) in [7, 11) is 1.32. The highest BCUT2D eigenvalue weighted by Gasteiger charge is 2.17. The number of amides is 1. The third-order valence-corrected chi connectivity index (χ3v) is 2.04. The van der Waals surface area contributed by atoms with Crippen molar-refractivity contribution in [2.45, 2.75) is 13.5 Å². The molecule has 1 rings (SSSR count). The van der Waals surface area contributed by atoms with Gasteiger partial charge in [-0.15, -0.1) is 0 Å². The normalized spacial score (nSPS) is 10.3. The quantitative estimate of drug-likeness (QED) is 0.857. The molecule has 0 aromatic heterocycles.